The lowest BCUT2D eigenvalue weighted by atomic mass is 10.2. The van der Waals surface area contributed by atoms with Crippen molar-refractivity contribution >= 4 is 29.2 Å². The molecule has 0 saturated carbocycles. The maximum atomic E-state index is 11.5. The molecule has 0 unspecified atom stereocenters. The lowest BCUT2D eigenvalue weighted by Gasteiger charge is -2.09. The molecule has 0 saturated heterocycles. The number of ether oxygens (including phenoxy) is 1. The molecular weight excluding hydrogens is 322 g/mol. The van der Waals surface area contributed by atoms with Crippen LogP contribution in [-0.2, 0) is 4.74 Å². The van der Waals surface area contributed by atoms with E-state index in [1.165, 1.54) is 7.11 Å². The van der Waals surface area contributed by atoms with Crippen LogP contribution in [0.5, 0.6) is 0 Å². The van der Waals surface area contributed by atoms with Crippen LogP contribution in [-0.4, -0.2) is 28.2 Å². The normalized spacial score (nSPS) is 10.4. The van der Waals surface area contributed by atoms with Gasteiger partial charge in [-0.2, -0.15) is 4.98 Å². The molecule has 2 heterocycles. The summed E-state index contributed by atoms with van der Waals surface area (Å²) in [5.41, 5.74) is 2.01. The van der Waals surface area contributed by atoms with E-state index in [4.69, 9.17) is 4.52 Å². The van der Waals surface area contributed by atoms with Gasteiger partial charge in [0.15, 0.2) is 5.82 Å². The second kappa shape index (κ2) is 7.00. The number of carbonyl (C=O) groups excluding carboxylic acids is 1. The van der Waals surface area contributed by atoms with Crippen LogP contribution in [0.15, 0.2) is 40.9 Å². The molecule has 1 aromatic carbocycles. The Morgan fingerprint density at radius 1 is 1.04 bits per heavy atom. The fourth-order valence-electron chi connectivity index (χ4n) is 2.18. The zero-order chi connectivity index (χ0) is 17.8. The number of esters is 1. The Balaban J connectivity index is 1.77. The summed E-state index contributed by atoms with van der Waals surface area (Å²) in [6, 6.07) is 10.4. The fourth-order valence-corrected chi connectivity index (χ4v) is 2.18. The van der Waals surface area contributed by atoms with Crippen molar-refractivity contribution in [1.82, 2.24) is 15.1 Å². The fraction of sp³-hybridized carbons (Fsp3) is 0.176. The third-order valence-corrected chi connectivity index (χ3v) is 3.30. The number of hydrogen-bond acceptors (Lipinski definition) is 8. The van der Waals surface area contributed by atoms with Crippen LogP contribution < -0.4 is 10.6 Å². The van der Waals surface area contributed by atoms with Gasteiger partial charge in [-0.3, -0.25) is 0 Å². The molecule has 0 radical (unpaired) electrons. The first-order valence-corrected chi connectivity index (χ1v) is 7.55. The molecule has 0 bridgehead atoms. The first-order chi connectivity index (χ1) is 12.0. The standard InChI is InChI=1S/C17H17N5O3/c1-10-8-14(20-15-9-11(2)25-22-15)21-17(18-10)19-13-6-4-12(5-7-13)16(23)24-3/h4-9H,1-3H3,(H2,18,19,20,21,22). The average Bonchev–Trinajstić information content (AvgIpc) is 2.99. The SMILES string of the molecule is COC(=O)c1ccc(Nc2nc(C)cc(Nc3cc(C)on3)n2)cc1. The van der Waals surface area contributed by atoms with Crippen LogP contribution in [0.2, 0.25) is 0 Å². The van der Waals surface area contributed by atoms with Gasteiger partial charge in [0.2, 0.25) is 5.95 Å². The maximum absolute atomic E-state index is 11.5. The van der Waals surface area contributed by atoms with Crippen molar-refractivity contribution in [1.29, 1.82) is 0 Å². The molecule has 0 fully saturated rings. The molecule has 2 aromatic heterocycles. The molecule has 128 valence electrons. The van der Waals surface area contributed by atoms with Crippen LogP contribution in [0.25, 0.3) is 0 Å². The van der Waals surface area contributed by atoms with Gasteiger partial charge in [0.05, 0.1) is 12.7 Å². The van der Waals surface area contributed by atoms with Gasteiger partial charge >= 0.3 is 5.97 Å². The molecular formula is C17H17N5O3. The number of benzene rings is 1. The van der Waals surface area contributed by atoms with E-state index in [2.05, 4.69) is 30.5 Å². The summed E-state index contributed by atoms with van der Waals surface area (Å²) in [5, 5.41) is 10.0. The average molecular weight is 339 g/mol. The monoisotopic (exact) mass is 339 g/mol. The highest BCUT2D eigenvalue weighted by Crippen LogP contribution is 2.19. The van der Waals surface area contributed by atoms with Crippen molar-refractivity contribution in [2.75, 3.05) is 17.7 Å². The number of carbonyl (C=O) groups is 1. The Hall–Kier alpha value is -3.42. The van der Waals surface area contributed by atoms with Crippen molar-refractivity contribution in [3.05, 3.63) is 53.4 Å². The summed E-state index contributed by atoms with van der Waals surface area (Å²) in [6.07, 6.45) is 0. The van der Waals surface area contributed by atoms with Crippen molar-refractivity contribution in [3.8, 4) is 0 Å². The molecule has 8 nitrogen and oxygen atoms in total. The van der Waals surface area contributed by atoms with E-state index >= 15 is 0 Å². The third kappa shape index (κ3) is 4.11. The third-order valence-electron chi connectivity index (χ3n) is 3.30. The highest BCUT2D eigenvalue weighted by atomic mass is 16.5. The van der Waals surface area contributed by atoms with Gasteiger partial charge in [0.25, 0.3) is 0 Å². The minimum absolute atomic E-state index is 0.382. The molecule has 0 spiro atoms. The number of rotatable bonds is 5. The summed E-state index contributed by atoms with van der Waals surface area (Å²) in [7, 11) is 1.35. The molecule has 0 aliphatic rings. The predicted octanol–water partition coefficient (Wildman–Crippen LogP) is 3.36. The summed E-state index contributed by atoms with van der Waals surface area (Å²) >= 11 is 0. The van der Waals surface area contributed by atoms with E-state index in [-0.39, 0.29) is 5.97 Å². The summed E-state index contributed by atoms with van der Waals surface area (Å²) in [4.78, 5) is 20.2. The van der Waals surface area contributed by atoms with Crippen LogP contribution in [0, 0.1) is 13.8 Å². The summed E-state index contributed by atoms with van der Waals surface area (Å²) < 4.78 is 9.70. The number of anilines is 4. The minimum atomic E-state index is -0.382. The zero-order valence-corrected chi connectivity index (χ0v) is 14.0. The van der Waals surface area contributed by atoms with Crippen molar-refractivity contribution < 1.29 is 14.1 Å². The van der Waals surface area contributed by atoms with Gasteiger partial charge in [-0.1, -0.05) is 5.16 Å². The van der Waals surface area contributed by atoms with Crippen LogP contribution >= 0.6 is 0 Å². The molecule has 0 aliphatic carbocycles. The number of hydrogen-bond donors (Lipinski definition) is 2. The number of nitrogens with zero attached hydrogens (tertiary/aromatic N) is 3. The summed E-state index contributed by atoms with van der Waals surface area (Å²) in [6.45, 7) is 3.68. The second-order valence-electron chi connectivity index (χ2n) is 5.36. The first-order valence-electron chi connectivity index (χ1n) is 7.55. The van der Waals surface area contributed by atoms with E-state index < -0.39 is 0 Å². The maximum Gasteiger partial charge on any atom is 0.337 e. The molecule has 0 atom stereocenters. The van der Waals surface area contributed by atoms with Gasteiger partial charge in [-0.25, -0.2) is 9.78 Å². The van der Waals surface area contributed by atoms with E-state index in [1.54, 1.807) is 36.4 Å². The Kier molecular flexibility index (Phi) is 4.60. The highest BCUT2D eigenvalue weighted by Gasteiger charge is 2.08. The van der Waals surface area contributed by atoms with Gasteiger partial charge in [0, 0.05) is 23.5 Å². The Morgan fingerprint density at radius 2 is 1.80 bits per heavy atom. The lowest BCUT2D eigenvalue weighted by Crippen LogP contribution is -2.03. The van der Waals surface area contributed by atoms with E-state index in [9.17, 15) is 4.79 Å². The Bertz CT molecular complexity index is 890. The first kappa shape index (κ1) is 16.4. The second-order valence-corrected chi connectivity index (χ2v) is 5.36. The van der Waals surface area contributed by atoms with Gasteiger partial charge in [-0.05, 0) is 38.1 Å². The van der Waals surface area contributed by atoms with E-state index in [0.29, 0.717) is 28.9 Å². The van der Waals surface area contributed by atoms with E-state index in [0.717, 1.165) is 11.4 Å². The number of aryl methyl sites for hydroxylation is 2. The molecule has 0 amide bonds. The minimum Gasteiger partial charge on any atom is -0.465 e. The molecule has 3 rings (SSSR count). The van der Waals surface area contributed by atoms with Gasteiger partial charge in [-0.15, -0.1) is 0 Å². The summed E-state index contributed by atoms with van der Waals surface area (Å²) in [5.74, 6) is 1.91. The van der Waals surface area contributed by atoms with Crippen molar-refractivity contribution in [2.45, 2.75) is 13.8 Å². The lowest BCUT2D eigenvalue weighted by molar-refractivity contribution is 0.0601. The van der Waals surface area contributed by atoms with Crippen LogP contribution in [0.1, 0.15) is 21.8 Å². The highest BCUT2D eigenvalue weighted by molar-refractivity contribution is 5.89. The van der Waals surface area contributed by atoms with Crippen LogP contribution in [0.4, 0.5) is 23.3 Å². The van der Waals surface area contributed by atoms with Crippen molar-refractivity contribution in [2.24, 2.45) is 0 Å². The molecule has 0 aliphatic heterocycles. The topological polar surface area (TPSA) is 102 Å². The molecule has 8 heteroatoms. The number of methoxy groups -OCH3 is 1. The molecule has 3 aromatic rings. The molecule has 2 N–H and O–H groups in total. The Labute approximate surface area is 144 Å². The van der Waals surface area contributed by atoms with Gasteiger partial charge in [0.1, 0.15) is 11.6 Å². The van der Waals surface area contributed by atoms with E-state index in [1.807, 2.05) is 13.8 Å². The quantitative estimate of drug-likeness (QED) is 0.682. The number of aromatic nitrogens is 3. The Morgan fingerprint density at radius 3 is 2.44 bits per heavy atom. The number of nitrogens with one attached hydrogen (secondary N) is 2. The van der Waals surface area contributed by atoms with Crippen LogP contribution in [0.3, 0.4) is 0 Å². The van der Waals surface area contributed by atoms with Crippen molar-refractivity contribution in [3.63, 3.8) is 0 Å². The smallest absolute Gasteiger partial charge is 0.337 e. The largest absolute Gasteiger partial charge is 0.465 e. The van der Waals surface area contributed by atoms with Gasteiger partial charge < -0.3 is 19.9 Å². The predicted molar refractivity (Wildman–Crippen MR) is 92.4 cm³/mol. The molecule has 25 heavy (non-hydrogen) atoms. The zero-order valence-electron chi connectivity index (χ0n) is 14.0.